The molecule has 1 aliphatic heterocycles. The molecule has 0 spiro atoms. The van der Waals surface area contributed by atoms with Crippen LogP contribution >= 0.6 is 0 Å². The Bertz CT molecular complexity index is 571. The summed E-state index contributed by atoms with van der Waals surface area (Å²) in [4.78, 5) is 33.9. The lowest BCUT2D eigenvalue weighted by Crippen LogP contribution is -2.39. The molecule has 7 nitrogen and oxygen atoms in total. The second kappa shape index (κ2) is 5.60. The molecule has 0 aromatic heterocycles. The molecule has 1 unspecified atom stereocenters. The largest absolute Gasteiger partial charge is 0.478 e. The molecule has 106 valence electrons. The van der Waals surface area contributed by atoms with Crippen LogP contribution in [0.3, 0.4) is 0 Å². The van der Waals surface area contributed by atoms with Gasteiger partial charge >= 0.3 is 12.0 Å². The number of carboxylic acid groups (broad SMARTS) is 1. The van der Waals surface area contributed by atoms with Gasteiger partial charge in [-0.25, -0.2) is 9.59 Å². The number of aromatic carboxylic acids is 1. The minimum Gasteiger partial charge on any atom is -0.478 e. The maximum atomic E-state index is 11.8. The lowest BCUT2D eigenvalue weighted by molar-refractivity contribution is -0.119. The Morgan fingerprint density at radius 1 is 1.40 bits per heavy atom. The third-order valence-corrected chi connectivity index (χ3v) is 2.97. The number of urea groups is 1. The van der Waals surface area contributed by atoms with E-state index in [1.165, 1.54) is 12.1 Å². The summed E-state index contributed by atoms with van der Waals surface area (Å²) in [6.45, 7) is 2.15. The predicted octanol–water partition coefficient (Wildman–Crippen LogP) is 0.703. The summed E-state index contributed by atoms with van der Waals surface area (Å²) >= 11 is 0. The van der Waals surface area contributed by atoms with Gasteiger partial charge in [0.2, 0.25) is 5.91 Å². The van der Waals surface area contributed by atoms with Gasteiger partial charge in [-0.15, -0.1) is 0 Å². The smallest absolute Gasteiger partial charge is 0.337 e. The highest BCUT2D eigenvalue weighted by molar-refractivity contribution is 6.00. The first-order chi connectivity index (χ1) is 9.45. The van der Waals surface area contributed by atoms with E-state index in [2.05, 4.69) is 16.0 Å². The normalized spacial score (nSPS) is 17.4. The number of benzene rings is 1. The Kier molecular flexibility index (Phi) is 3.88. The van der Waals surface area contributed by atoms with Crippen molar-refractivity contribution in [2.24, 2.45) is 0 Å². The molecule has 0 saturated carbocycles. The molecule has 0 radical (unpaired) electrons. The monoisotopic (exact) mass is 277 g/mol. The van der Waals surface area contributed by atoms with Crippen LogP contribution in [0.15, 0.2) is 18.2 Å². The molecule has 0 bridgehead atoms. The van der Waals surface area contributed by atoms with Crippen LogP contribution in [0.25, 0.3) is 0 Å². The summed E-state index contributed by atoms with van der Waals surface area (Å²) in [7, 11) is 0. The van der Waals surface area contributed by atoms with Gasteiger partial charge < -0.3 is 21.1 Å². The van der Waals surface area contributed by atoms with Gasteiger partial charge in [0.05, 0.1) is 17.3 Å². The van der Waals surface area contributed by atoms with Gasteiger partial charge in [-0.1, -0.05) is 11.6 Å². The van der Waals surface area contributed by atoms with Gasteiger partial charge in [-0.2, -0.15) is 0 Å². The molecule has 1 atom stereocenters. The van der Waals surface area contributed by atoms with Crippen LogP contribution < -0.4 is 16.0 Å². The van der Waals surface area contributed by atoms with Gasteiger partial charge in [-0.05, 0) is 19.1 Å². The lowest BCUT2D eigenvalue weighted by Gasteiger charge is -2.13. The van der Waals surface area contributed by atoms with E-state index >= 15 is 0 Å². The van der Waals surface area contributed by atoms with Gasteiger partial charge in [0.25, 0.3) is 0 Å². The first-order valence-electron chi connectivity index (χ1n) is 6.14. The molecule has 2 rings (SSSR count). The summed E-state index contributed by atoms with van der Waals surface area (Å²) < 4.78 is 0. The first-order valence-corrected chi connectivity index (χ1v) is 6.14. The van der Waals surface area contributed by atoms with Crippen LogP contribution in [0, 0.1) is 6.92 Å². The Labute approximate surface area is 115 Å². The average Bonchev–Trinajstić information content (AvgIpc) is 2.76. The molecule has 1 fully saturated rings. The number of carboxylic acids is 1. The third-order valence-electron chi connectivity index (χ3n) is 2.97. The van der Waals surface area contributed by atoms with Gasteiger partial charge in [-0.3, -0.25) is 4.79 Å². The molecule has 1 aliphatic rings. The number of nitrogens with one attached hydrogen (secondary N) is 3. The van der Waals surface area contributed by atoms with Crippen molar-refractivity contribution in [1.82, 2.24) is 10.6 Å². The number of hydrogen-bond acceptors (Lipinski definition) is 3. The molecule has 7 heteroatoms. The first kappa shape index (κ1) is 13.9. The minimum absolute atomic E-state index is 0.0285. The summed E-state index contributed by atoms with van der Waals surface area (Å²) in [5, 5.41) is 16.8. The maximum Gasteiger partial charge on any atom is 0.337 e. The zero-order valence-electron chi connectivity index (χ0n) is 10.9. The fourth-order valence-corrected chi connectivity index (χ4v) is 2.00. The van der Waals surface area contributed by atoms with Crippen molar-refractivity contribution in [3.63, 3.8) is 0 Å². The van der Waals surface area contributed by atoms with Crippen molar-refractivity contribution >= 4 is 23.6 Å². The molecule has 1 heterocycles. The SMILES string of the molecule is Cc1ccc(NC(=O)NC2CNC(=O)C2)c(C(=O)O)c1. The molecule has 4 N–H and O–H groups in total. The summed E-state index contributed by atoms with van der Waals surface area (Å²) in [5.74, 6) is -1.22. The van der Waals surface area contributed by atoms with Crippen molar-refractivity contribution in [1.29, 1.82) is 0 Å². The number of hydrogen-bond donors (Lipinski definition) is 4. The fraction of sp³-hybridized carbons (Fsp3) is 0.308. The van der Waals surface area contributed by atoms with E-state index in [9.17, 15) is 14.4 Å². The van der Waals surface area contributed by atoms with Crippen LogP contribution in [0.5, 0.6) is 0 Å². The van der Waals surface area contributed by atoms with Crippen LogP contribution in [0.4, 0.5) is 10.5 Å². The van der Waals surface area contributed by atoms with Crippen molar-refractivity contribution in [2.45, 2.75) is 19.4 Å². The molecule has 1 saturated heterocycles. The standard InChI is InChI=1S/C13H15N3O4/c1-7-2-3-10(9(4-7)12(18)19)16-13(20)15-8-5-11(17)14-6-8/h2-4,8H,5-6H2,1H3,(H,14,17)(H,18,19)(H2,15,16,20). The maximum absolute atomic E-state index is 11.8. The topological polar surface area (TPSA) is 108 Å². The fourth-order valence-electron chi connectivity index (χ4n) is 2.00. The van der Waals surface area contributed by atoms with E-state index in [0.29, 0.717) is 6.54 Å². The molecular weight excluding hydrogens is 262 g/mol. The van der Waals surface area contributed by atoms with Crippen LogP contribution in [-0.2, 0) is 4.79 Å². The van der Waals surface area contributed by atoms with Crippen molar-refractivity contribution < 1.29 is 19.5 Å². The van der Waals surface area contributed by atoms with Crippen molar-refractivity contribution in [3.05, 3.63) is 29.3 Å². The highest BCUT2D eigenvalue weighted by Gasteiger charge is 2.23. The Hall–Kier alpha value is -2.57. The number of carbonyl (C=O) groups is 3. The lowest BCUT2D eigenvalue weighted by atomic mass is 10.1. The molecule has 1 aromatic carbocycles. The zero-order valence-corrected chi connectivity index (χ0v) is 10.9. The highest BCUT2D eigenvalue weighted by Crippen LogP contribution is 2.17. The average molecular weight is 277 g/mol. The van der Waals surface area contributed by atoms with E-state index < -0.39 is 12.0 Å². The van der Waals surface area contributed by atoms with Crippen molar-refractivity contribution in [2.75, 3.05) is 11.9 Å². The number of carbonyl (C=O) groups excluding carboxylic acids is 2. The summed E-state index contributed by atoms with van der Waals surface area (Å²) in [6.07, 6.45) is 0.229. The van der Waals surface area contributed by atoms with Crippen LogP contribution in [0.1, 0.15) is 22.3 Å². The van der Waals surface area contributed by atoms with Crippen LogP contribution in [0.2, 0.25) is 0 Å². The van der Waals surface area contributed by atoms with E-state index in [0.717, 1.165) is 5.56 Å². The Morgan fingerprint density at radius 3 is 2.75 bits per heavy atom. The van der Waals surface area contributed by atoms with Gasteiger partial charge in [0, 0.05) is 13.0 Å². The van der Waals surface area contributed by atoms with E-state index in [4.69, 9.17) is 5.11 Å². The van der Waals surface area contributed by atoms with Gasteiger partial charge in [0.1, 0.15) is 0 Å². The predicted molar refractivity (Wildman–Crippen MR) is 71.7 cm³/mol. The highest BCUT2D eigenvalue weighted by atomic mass is 16.4. The number of rotatable bonds is 3. The second-order valence-electron chi connectivity index (χ2n) is 4.66. The number of anilines is 1. The van der Waals surface area contributed by atoms with E-state index in [1.54, 1.807) is 13.0 Å². The molecule has 3 amide bonds. The van der Waals surface area contributed by atoms with E-state index in [1.807, 2.05) is 0 Å². The Balaban J connectivity index is 2.04. The molecular formula is C13H15N3O4. The third kappa shape index (κ3) is 3.25. The zero-order chi connectivity index (χ0) is 14.7. The van der Waals surface area contributed by atoms with Crippen molar-refractivity contribution in [3.8, 4) is 0 Å². The molecule has 0 aliphatic carbocycles. The van der Waals surface area contributed by atoms with E-state index in [-0.39, 0.29) is 29.6 Å². The number of aryl methyl sites for hydroxylation is 1. The summed E-state index contributed by atoms with van der Waals surface area (Å²) in [6, 6.07) is 3.93. The molecule has 20 heavy (non-hydrogen) atoms. The second-order valence-corrected chi connectivity index (χ2v) is 4.66. The van der Waals surface area contributed by atoms with Gasteiger partial charge in [0.15, 0.2) is 0 Å². The Morgan fingerprint density at radius 2 is 2.15 bits per heavy atom. The number of amides is 3. The van der Waals surface area contributed by atoms with Crippen LogP contribution in [-0.4, -0.2) is 35.6 Å². The minimum atomic E-state index is -1.11. The quantitative estimate of drug-likeness (QED) is 0.652. The molecule has 1 aromatic rings. The summed E-state index contributed by atoms with van der Waals surface area (Å²) in [5.41, 5.74) is 1.04.